The summed E-state index contributed by atoms with van der Waals surface area (Å²) in [5.74, 6) is 0.557. The van der Waals surface area contributed by atoms with Crippen molar-refractivity contribution >= 4 is 71.2 Å². The first-order valence-electron chi connectivity index (χ1n) is 19.6. The maximum absolute atomic E-state index is 8.79. The molecule has 12 rings (SSSR count). The van der Waals surface area contributed by atoms with E-state index in [1.165, 1.54) is 0 Å². The van der Waals surface area contributed by atoms with E-state index < -0.39 is 0 Å². The van der Waals surface area contributed by atoms with E-state index >= 15 is 0 Å². The molecule has 0 N–H and O–H groups in total. The molecule has 0 aliphatic carbocycles. The van der Waals surface area contributed by atoms with Gasteiger partial charge in [-0.05, 0) is 42.5 Å². The first-order valence-corrected chi connectivity index (χ1v) is 19.6. The molecule has 4 aromatic heterocycles. The second-order valence-corrected chi connectivity index (χ2v) is 14.8. The van der Waals surface area contributed by atoms with Crippen molar-refractivity contribution < 1.29 is 4.42 Å². The minimum absolute atomic E-state index is 0.482. The largest absolute Gasteiger partial charge is 0.457 e. The lowest BCUT2D eigenvalue weighted by molar-refractivity contribution is 0.669. The zero-order valence-electron chi connectivity index (χ0n) is 31.5. The molecule has 8 aromatic carbocycles. The van der Waals surface area contributed by atoms with E-state index in [4.69, 9.17) is 21.0 Å². The molecule has 0 spiro atoms. The molecule has 6 heteroatoms. The molecule has 59 heavy (non-hydrogen) atoms. The number of fused-ring (bicyclic) bond motifs is 9. The normalized spacial score (nSPS) is 11.7. The van der Waals surface area contributed by atoms with Crippen LogP contribution in [0.3, 0.4) is 0 Å². The van der Waals surface area contributed by atoms with Gasteiger partial charge in [0.25, 0.3) is 0 Å². The van der Waals surface area contributed by atoms with Crippen LogP contribution in [0.2, 0.25) is 0 Å². The van der Waals surface area contributed by atoms with Crippen LogP contribution in [0.15, 0.2) is 192 Å². The summed E-state index contributed by atoms with van der Waals surface area (Å²) in [5, 5.41) is 6.31. The van der Waals surface area contributed by atoms with Crippen LogP contribution in [0, 0.1) is 6.57 Å². The third-order valence-electron chi connectivity index (χ3n) is 11.5. The topological polar surface area (TPSA) is 53.1 Å². The van der Waals surface area contributed by atoms with Crippen LogP contribution in [0.1, 0.15) is 0 Å². The van der Waals surface area contributed by atoms with Gasteiger partial charge >= 0.3 is 0 Å². The van der Waals surface area contributed by atoms with Crippen molar-refractivity contribution in [3.05, 3.63) is 199 Å². The second kappa shape index (κ2) is 12.9. The highest BCUT2D eigenvalue weighted by Crippen LogP contribution is 2.48. The van der Waals surface area contributed by atoms with Crippen molar-refractivity contribution in [1.29, 1.82) is 0 Å². The number of rotatable bonds is 5. The molecule has 0 bridgehead atoms. The molecule has 0 saturated heterocycles. The van der Waals surface area contributed by atoms with E-state index in [2.05, 4.69) is 147 Å². The van der Waals surface area contributed by atoms with Gasteiger partial charge in [-0.15, -0.1) is 0 Å². The Morgan fingerprint density at radius 1 is 0.441 bits per heavy atom. The maximum atomic E-state index is 8.79. The van der Waals surface area contributed by atoms with Gasteiger partial charge in [-0.3, -0.25) is 0 Å². The molecule has 0 aliphatic rings. The van der Waals surface area contributed by atoms with Gasteiger partial charge in [0.2, 0.25) is 5.69 Å². The number of aromatic nitrogens is 4. The van der Waals surface area contributed by atoms with E-state index in [9.17, 15) is 0 Å². The standard InChI is InChI=1S/C53H31N5O/c1-54-43-32-48-49(39-25-16-26-40(52(39)59-48)53-55-41(33-17-4-2-5-18-33)31-42(56-53)34-19-6-3-7-20-34)51(58-46-29-14-10-23-37(46)38-24-11-15-30-47(38)58)50(43)57-44-27-12-8-21-35(44)36-22-9-13-28-45(36)57/h2-32H. The highest BCUT2D eigenvalue weighted by molar-refractivity contribution is 6.20. The maximum Gasteiger partial charge on any atom is 0.216 e. The third-order valence-corrected chi connectivity index (χ3v) is 11.5. The predicted molar refractivity (Wildman–Crippen MR) is 241 cm³/mol. The minimum atomic E-state index is 0.482. The van der Waals surface area contributed by atoms with Gasteiger partial charge in [-0.2, -0.15) is 0 Å². The van der Waals surface area contributed by atoms with Crippen molar-refractivity contribution in [1.82, 2.24) is 19.1 Å². The van der Waals surface area contributed by atoms with Crippen LogP contribution < -0.4 is 0 Å². The van der Waals surface area contributed by atoms with Crippen molar-refractivity contribution in [2.45, 2.75) is 0 Å². The summed E-state index contributed by atoms with van der Waals surface area (Å²) in [6, 6.07) is 64.6. The fourth-order valence-corrected chi connectivity index (χ4v) is 9.02. The molecule has 0 unspecified atom stereocenters. The summed E-state index contributed by atoms with van der Waals surface area (Å²) >= 11 is 0. The molecule has 0 atom stereocenters. The average Bonchev–Trinajstić information content (AvgIpc) is 3.96. The van der Waals surface area contributed by atoms with Gasteiger partial charge in [-0.25, -0.2) is 14.8 Å². The summed E-state index contributed by atoms with van der Waals surface area (Å²) in [4.78, 5) is 14.7. The Morgan fingerprint density at radius 2 is 0.881 bits per heavy atom. The number of furan rings is 1. The molecule has 0 amide bonds. The monoisotopic (exact) mass is 753 g/mol. The van der Waals surface area contributed by atoms with E-state index in [1.807, 2.05) is 54.6 Å². The smallest absolute Gasteiger partial charge is 0.216 e. The van der Waals surface area contributed by atoms with Crippen LogP contribution in [0.25, 0.3) is 116 Å². The molecule has 4 heterocycles. The number of para-hydroxylation sites is 5. The summed E-state index contributed by atoms with van der Waals surface area (Å²) in [5.41, 5.74) is 11.9. The summed E-state index contributed by atoms with van der Waals surface area (Å²) in [6.07, 6.45) is 0. The van der Waals surface area contributed by atoms with E-state index in [-0.39, 0.29) is 0 Å². The molecule has 274 valence electrons. The zero-order chi connectivity index (χ0) is 39.0. The van der Waals surface area contributed by atoms with Gasteiger partial charge in [0.05, 0.1) is 62.4 Å². The fourth-order valence-electron chi connectivity index (χ4n) is 9.02. The molecule has 0 radical (unpaired) electrons. The average molecular weight is 754 g/mol. The third kappa shape index (κ3) is 4.92. The summed E-state index contributed by atoms with van der Waals surface area (Å²) < 4.78 is 11.6. The van der Waals surface area contributed by atoms with E-state index in [0.717, 1.165) is 93.8 Å². The fraction of sp³-hybridized carbons (Fsp3) is 0. The Bertz CT molecular complexity index is 3520. The highest BCUT2D eigenvalue weighted by atomic mass is 16.3. The number of hydrogen-bond acceptors (Lipinski definition) is 3. The summed E-state index contributed by atoms with van der Waals surface area (Å²) in [6.45, 7) is 8.79. The Kier molecular flexibility index (Phi) is 7.19. The molecular weight excluding hydrogens is 723 g/mol. The number of nitrogens with zero attached hydrogens (tertiary/aromatic N) is 5. The Labute approximate surface area is 338 Å². The molecule has 12 aromatic rings. The highest BCUT2D eigenvalue weighted by Gasteiger charge is 2.28. The van der Waals surface area contributed by atoms with E-state index in [0.29, 0.717) is 22.7 Å². The number of benzene rings is 8. The molecule has 0 saturated carbocycles. The van der Waals surface area contributed by atoms with Gasteiger partial charge in [-0.1, -0.05) is 146 Å². The zero-order valence-corrected chi connectivity index (χ0v) is 31.5. The van der Waals surface area contributed by atoms with Crippen LogP contribution in [0.5, 0.6) is 0 Å². The van der Waals surface area contributed by atoms with Crippen LogP contribution in [-0.2, 0) is 0 Å². The first kappa shape index (κ1) is 32.9. The van der Waals surface area contributed by atoms with Gasteiger partial charge in [0.15, 0.2) is 5.82 Å². The van der Waals surface area contributed by atoms with Crippen LogP contribution >= 0.6 is 0 Å². The van der Waals surface area contributed by atoms with Crippen molar-refractivity contribution in [2.75, 3.05) is 0 Å². The summed E-state index contributed by atoms with van der Waals surface area (Å²) in [7, 11) is 0. The Hall–Kier alpha value is -8.27. The van der Waals surface area contributed by atoms with E-state index in [1.54, 1.807) is 0 Å². The SMILES string of the molecule is [C-]#[N+]c1cc2oc3c(-c4nc(-c5ccccc5)cc(-c5ccccc5)n4)cccc3c2c(-n2c3ccccc3c3ccccc32)c1-n1c2ccccc2c2ccccc21. The predicted octanol–water partition coefficient (Wildman–Crippen LogP) is 14.1. The second-order valence-electron chi connectivity index (χ2n) is 14.8. The molecule has 0 fully saturated rings. The van der Waals surface area contributed by atoms with Crippen molar-refractivity contribution in [3.8, 4) is 45.3 Å². The number of hydrogen-bond donors (Lipinski definition) is 0. The first-order chi connectivity index (χ1) is 29.2. The minimum Gasteiger partial charge on any atom is -0.457 e. The lowest BCUT2D eigenvalue weighted by atomic mass is 10.0. The molecule has 0 aliphatic heterocycles. The Balaban J connectivity index is 1.25. The van der Waals surface area contributed by atoms with Gasteiger partial charge in [0, 0.05) is 38.1 Å². The van der Waals surface area contributed by atoms with Crippen molar-refractivity contribution in [2.24, 2.45) is 0 Å². The Morgan fingerprint density at radius 3 is 1.37 bits per heavy atom. The quantitative estimate of drug-likeness (QED) is 0.164. The van der Waals surface area contributed by atoms with Crippen molar-refractivity contribution in [3.63, 3.8) is 0 Å². The lowest BCUT2D eigenvalue weighted by Crippen LogP contribution is -2.04. The van der Waals surface area contributed by atoms with Crippen LogP contribution in [-0.4, -0.2) is 19.1 Å². The molecule has 6 nitrogen and oxygen atoms in total. The van der Waals surface area contributed by atoms with Crippen LogP contribution in [0.4, 0.5) is 5.69 Å². The van der Waals surface area contributed by atoms with Gasteiger partial charge in [0.1, 0.15) is 11.2 Å². The lowest BCUT2D eigenvalue weighted by Gasteiger charge is -2.19. The molecular formula is C53H31N5O. The van der Waals surface area contributed by atoms with Gasteiger partial charge < -0.3 is 13.6 Å².